The van der Waals surface area contributed by atoms with Crippen LogP contribution in [0, 0.1) is 3.57 Å². The highest BCUT2D eigenvalue weighted by Gasteiger charge is 2.34. The molecule has 0 aliphatic carbocycles. The Morgan fingerprint density at radius 1 is 1.17 bits per heavy atom. The van der Waals surface area contributed by atoms with Crippen LogP contribution >= 0.6 is 45.8 Å². The number of ether oxygens (including phenoxy) is 1. The average Bonchev–Trinajstić information content (AvgIpc) is 2.47. The van der Waals surface area contributed by atoms with Gasteiger partial charge in [-0.1, -0.05) is 23.2 Å². The van der Waals surface area contributed by atoms with Crippen LogP contribution in [-0.4, -0.2) is 13.0 Å². The molecule has 0 atom stereocenters. The molecule has 2 rings (SSSR count). The molecular formula is C15H9Cl2F3INO2. The lowest BCUT2D eigenvalue weighted by atomic mass is 10.1. The van der Waals surface area contributed by atoms with Gasteiger partial charge in [-0.3, -0.25) is 4.79 Å². The van der Waals surface area contributed by atoms with E-state index in [9.17, 15) is 18.0 Å². The maximum absolute atomic E-state index is 13.1. The largest absolute Gasteiger partial charge is 0.494 e. The van der Waals surface area contributed by atoms with Crippen LogP contribution < -0.4 is 10.1 Å². The van der Waals surface area contributed by atoms with Crippen LogP contribution in [0.25, 0.3) is 0 Å². The number of hydrogen-bond donors (Lipinski definition) is 1. The van der Waals surface area contributed by atoms with Crippen molar-refractivity contribution in [3.05, 3.63) is 55.1 Å². The second-order valence-corrected chi connectivity index (χ2v) is 6.67. The summed E-state index contributed by atoms with van der Waals surface area (Å²) < 4.78 is 44.6. The first-order valence-electron chi connectivity index (χ1n) is 6.34. The molecule has 24 heavy (non-hydrogen) atoms. The third kappa shape index (κ3) is 4.25. The van der Waals surface area contributed by atoms with Gasteiger partial charge < -0.3 is 10.1 Å². The number of halogens is 6. The quantitative estimate of drug-likeness (QED) is 0.547. The highest BCUT2D eigenvalue weighted by molar-refractivity contribution is 14.1. The molecule has 0 aliphatic heterocycles. The fraction of sp³-hybridized carbons (Fsp3) is 0.133. The van der Waals surface area contributed by atoms with E-state index in [-0.39, 0.29) is 27.0 Å². The monoisotopic (exact) mass is 489 g/mol. The second-order valence-electron chi connectivity index (χ2n) is 4.61. The molecule has 0 aliphatic rings. The van der Waals surface area contributed by atoms with Crippen molar-refractivity contribution in [1.82, 2.24) is 0 Å². The maximum Gasteiger partial charge on any atom is 0.418 e. The Kier molecular flexibility index (Phi) is 5.87. The molecule has 1 amide bonds. The van der Waals surface area contributed by atoms with Crippen molar-refractivity contribution >= 4 is 57.4 Å². The van der Waals surface area contributed by atoms with E-state index < -0.39 is 17.6 Å². The van der Waals surface area contributed by atoms with E-state index in [0.29, 0.717) is 3.57 Å². The number of rotatable bonds is 3. The van der Waals surface area contributed by atoms with Gasteiger partial charge in [-0.25, -0.2) is 0 Å². The fourth-order valence-electron chi connectivity index (χ4n) is 1.94. The van der Waals surface area contributed by atoms with Crippen LogP contribution in [0.3, 0.4) is 0 Å². The van der Waals surface area contributed by atoms with Crippen molar-refractivity contribution < 1.29 is 22.7 Å². The normalized spacial score (nSPS) is 11.3. The van der Waals surface area contributed by atoms with Gasteiger partial charge in [-0.15, -0.1) is 0 Å². The van der Waals surface area contributed by atoms with E-state index in [1.165, 1.54) is 31.4 Å². The standard InChI is InChI=1S/C15H9Cl2F3INO2/c1-24-13-10(16)4-7(5-11(13)17)14(23)22-12-3-2-8(21)6-9(12)15(18,19)20/h2-6H,1H3,(H,22,23). The number of hydrogen-bond acceptors (Lipinski definition) is 2. The molecule has 0 aromatic heterocycles. The van der Waals surface area contributed by atoms with Gasteiger partial charge in [0.1, 0.15) is 0 Å². The molecule has 0 heterocycles. The zero-order valence-corrected chi connectivity index (χ0v) is 15.6. The molecule has 9 heteroatoms. The molecule has 0 spiro atoms. The van der Waals surface area contributed by atoms with Crippen LogP contribution in [0.5, 0.6) is 5.75 Å². The Morgan fingerprint density at radius 2 is 1.75 bits per heavy atom. The van der Waals surface area contributed by atoms with E-state index >= 15 is 0 Å². The summed E-state index contributed by atoms with van der Waals surface area (Å²) in [4.78, 5) is 12.2. The van der Waals surface area contributed by atoms with Gasteiger partial charge >= 0.3 is 6.18 Å². The number of methoxy groups -OCH3 is 1. The highest BCUT2D eigenvalue weighted by atomic mass is 127. The number of nitrogens with one attached hydrogen (secondary N) is 1. The summed E-state index contributed by atoms with van der Waals surface area (Å²) in [6.07, 6.45) is -4.60. The van der Waals surface area contributed by atoms with Gasteiger partial charge in [0.2, 0.25) is 0 Å². The van der Waals surface area contributed by atoms with Crippen molar-refractivity contribution in [2.75, 3.05) is 12.4 Å². The lowest BCUT2D eigenvalue weighted by Gasteiger charge is -2.15. The smallest absolute Gasteiger partial charge is 0.418 e. The Morgan fingerprint density at radius 3 is 2.25 bits per heavy atom. The molecule has 2 aromatic rings. The van der Waals surface area contributed by atoms with Crippen LogP contribution in [0.1, 0.15) is 15.9 Å². The molecule has 0 unspecified atom stereocenters. The van der Waals surface area contributed by atoms with Gasteiger partial charge in [0.05, 0.1) is 28.4 Å². The number of benzene rings is 2. The molecule has 1 N–H and O–H groups in total. The molecule has 0 saturated carbocycles. The summed E-state index contributed by atoms with van der Waals surface area (Å²) in [6, 6.07) is 6.13. The first-order chi connectivity index (χ1) is 11.1. The minimum absolute atomic E-state index is 0.0116. The highest BCUT2D eigenvalue weighted by Crippen LogP contribution is 2.37. The second kappa shape index (κ2) is 7.37. The zero-order chi connectivity index (χ0) is 18.1. The Labute approximate surface area is 159 Å². The van der Waals surface area contributed by atoms with Crippen molar-refractivity contribution in [1.29, 1.82) is 0 Å². The maximum atomic E-state index is 13.1. The zero-order valence-electron chi connectivity index (χ0n) is 12.0. The lowest BCUT2D eigenvalue weighted by molar-refractivity contribution is -0.137. The minimum atomic E-state index is -4.60. The molecule has 2 aromatic carbocycles. The third-order valence-electron chi connectivity index (χ3n) is 3.00. The summed E-state index contributed by atoms with van der Waals surface area (Å²) in [5.74, 6) is -0.590. The average molecular weight is 490 g/mol. The molecule has 128 valence electrons. The van der Waals surface area contributed by atoms with Crippen molar-refractivity contribution in [2.45, 2.75) is 6.18 Å². The predicted octanol–water partition coefficient (Wildman–Crippen LogP) is 5.88. The van der Waals surface area contributed by atoms with Crippen LogP contribution in [0.2, 0.25) is 10.0 Å². The third-order valence-corrected chi connectivity index (χ3v) is 4.23. The van der Waals surface area contributed by atoms with Gasteiger partial charge in [-0.2, -0.15) is 13.2 Å². The SMILES string of the molecule is COc1c(Cl)cc(C(=O)Nc2ccc(I)cc2C(F)(F)F)cc1Cl. The summed E-state index contributed by atoms with van der Waals surface area (Å²) in [6.45, 7) is 0. The van der Waals surface area contributed by atoms with Crippen molar-refractivity contribution in [3.63, 3.8) is 0 Å². The molecule has 0 radical (unpaired) electrons. The summed E-state index contributed by atoms with van der Waals surface area (Å²) in [7, 11) is 1.36. The topological polar surface area (TPSA) is 38.3 Å². The molecule has 0 fully saturated rings. The van der Waals surface area contributed by atoms with E-state index in [4.69, 9.17) is 27.9 Å². The first-order valence-corrected chi connectivity index (χ1v) is 8.18. The predicted molar refractivity (Wildman–Crippen MR) is 95.1 cm³/mol. The van der Waals surface area contributed by atoms with Gasteiger partial charge in [0.25, 0.3) is 5.91 Å². The molecule has 3 nitrogen and oxygen atoms in total. The number of carbonyl (C=O) groups is 1. The lowest BCUT2D eigenvalue weighted by Crippen LogP contribution is -2.17. The van der Waals surface area contributed by atoms with E-state index in [0.717, 1.165) is 6.07 Å². The van der Waals surface area contributed by atoms with E-state index in [2.05, 4.69) is 5.32 Å². The van der Waals surface area contributed by atoms with E-state index in [1.807, 2.05) is 0 Å². The van der Waals surface area contributed by atoms with E-state index in [1.54, 1.807) is 22.6 Å². The number of anilines is 1. The Hall–Kier alpha value is -1.19. The van der Waals surface area contributed by atoms with Crippen molar-refractivity contribution in [3.8, 4) is 5.75 Å². The first kappa shape index (κ1) is 19.1. The van der Waals surface area contributed by atoms with Gasteiger partial charge in [0, 0.05) is 9.13 Å². The van der Waals surface area contributed by atoms with Gasteiger partial charge in [-0.05, 0) is 52.9 Å². The minimum Gasteiger partial charge on any atom is -0.494 e. The summed E-state index contributed by atoms with van der Waals surface area (Å²) in [5.41, 5.74) is -1.28. The Bertz CT molecular complexity index is 774. The van der Waals surface area contributed by atoms with Crippen LogP contribution in [0.15, 0.2) is 30.3 Å². The molecule has 0 bridgehead atoms. The molecular weight excluding hydrogens is 481 g/mol. The van der Waals surface area contributed by atoms with Gasteiger partial charge in [0.15, 0.2) is 5.75 Å². The summed E-state index contributed by atoms with van der Waals surface area (Å²) in [5, 5.41) is 2.39. The van der Waals surface area contributed by atoms with Crippen LogP contribution in [0.4, 0.5) is 18.9 Å². The number of alkyl halides is 3. The number of amides is 1. The number of carbonyl (C=O) groups excluding carboxylic acids is 1. The van der Waals surface area contributed by atoms with Crippen molar-refractivity contribution in [2.24, 2.45) is 0 Å². The Balaban J connectivity index is 2.38. The summed E-state index contributed by atoms with van der Waals surface area (Å²) >= 11 is 13.6. The fourth-order valence-corrected chi connectivity index (χ4v) is 3.07. The van der Waals surface area contributed by atoms with Crippen LogP contribution in [-0.2, 0) is 6.18 Å². The molecule has 0 saturated heterocycles.